The van der Waals surface area contributed by atoms with Crippen LogP contribution < -0.4 is 10.6 Å². The number of amides is 5. The minimum absolute atomic E-state index is 0.0246. The fourth-order valence-corrected chi connectivity index (χ4v) is 2.72. The number of carbonyl (C=O) groups is 5. The maximum Gasteiger partial charge on any atom is 0.239 e. The second kappa shape index (κ2) is 15.4. The first-order chi connectivity index (χ1) is 14.2. The lowest BCUT2D eigenvalue weighted by atomic mass is 10.0. The van der Waals surface area contributed by atoms with Crippen molar-refractivity contribution in [1.29, 1.82) is 0 Å². The van der Waals surface area contributed by atoms with Gasteiger partial charge in [0.15, 0.2) is 0 Å². The summed E-state index contributed by atoms with van der Waals surface area (Å²) < 4.78 is 0. The molecule has 2 N–H and O–H groups in total. The molecule has 0 spiro atoms. The van der Waals surface area contributed by atoms with Crippen molar-refractivity contribution in [2.45, 2.75) is 25.9 Å². The van der Waals surface area contributed by atoms with Gasteiger partial charge in [-0.15, -0.1) is 0 Å². The molecular formula is C17H34B3N5O5. The van der Waals surface area contributed by atoms with Gasteiger partial charge in [0.25, 0.3) is 0 Å². The summed E-state index contributed by atoms with van der Waals surface area (Å²) in [4.78, 5) is 63.8. The van der Waals surface area contributed by atoms with Crippen LogP contribution in [0.5, 0.6) is 0 Å². The maximum absolute atomic E-state index is 12.2. The van der Waals surface area contributed by atoms with Crippen LogP contribution in [0.3, 0.4) is 0 Å². The van der Waals surface area contributed by atoms with Crippen molar-refractivity contribution in [3.63, 3.8) is 0 Å². The van der Waals surface area contributed by atoms with Crippen molar-refractivity contribution in [3.05, 3.63) is 0 Å². The zero-order chi connectivity index (χ0) is 23.1. The summed E-state index contributed by atoms with van der Waals surface area (Å²) in [7, 11) is 6.76. The lowest BCUT2D eigenvalue weighted by Gasteiger charge is -2.23. The third-order valence-corrected chi connectivity index (χ3v) is 4.54. The normalized spacial score (nSPS) is 10.1. The van der Waals surface area contributed by atoms with Crippen molar-refractivity contribution in [1.82, 2.24) is 25.3 Å². The standard InChI is InChI=1S/C17H34B3N5O5/c1-3-24(16(29)9-19)6-4-22-14(27)12-25(17(30)10-20)7-5-21-13(26)11-23(2)15(28)8-18/h3-12,18-20H2,1-2H3,(H,21,26)(H,22,27). The van der Waals surface area contributed by atoms with E-state index >= 15 is 0 Å². The third-order valence-electron chi connectivity index (χ3n) is 4.54. The summed E-state index contributed by atoms with van der Waals surface area (Å²) in [5.74, 6) is -0.957. The number of nitrogens with one attached hydrogen (secondary N) is 2. The summed E-state index contributed by atoms with van der Waals surface area (Å²) in [6.07, 6.45) is 0.971. The molecule has 0 heterocycles. The number of rotatable bonds is 14. The van der Waals surface area contributed by atoms with Crippen molar-refractivity contribution in [2.75, 3.05) is 52.9 Å². The predicted molar refractivity (Wildman–Crippen MR) is 123 cm³/mol. The van der Waals surface area contributed by atoms with Gasteiger partial charge in [0.1, 0.15) is 23.5 Å². The van der Waals surface area contributed by atoms with Crippen LogP contribution in [0.1, 0.15) is 6.92 Å². The van der Waals surface area contributed by atoms with Crippen LogP contribution in [0.4, 0.5) is 0 Å². The van der Waals surface area contributed by atoms with Crippen LogP contribution in [0.15, 0.2) is 0 Å². The second-order valence-electron chi connectivity index (χ2n) is 6.80. The predicted octanol–water partition coefficient (Wildman–Crippen LogP) is -4.49. The Morgan fingerprint density at radius 2 is 1.13 bits per heavy atom. The number of carbonyl (C=O) groups excluding carboxylic acids is 5. The van der Waals surface area contributed by atoms with Crippen molar-refractivity contribution in [3.8, 4) is 0 Å². The van der Waals surface area contributed by atoms with Crippen molar-refractivity contribution in [2.24, 2.45) is 0 Å². The minimum Gasteiger partial charge on any atom is -0.353 e. The van der Waals surface area contributed by atoms with Gasteiger partial charge in [-0.25, -0.2) is 0 Å². The minimum atomic E-state index is -0.326. The highest BCUT2D eigenvalue weighted by Gasteiger charge is 2.17. The molecule has 0 aromatic carbocycles. The van der Waals surface area contributed by atoms with E-state index in [0.717, 1.165) is 0 Å². The first-order valence-corrected chi connectivity index (χ1v) is 10.5. The summed E-state index contributed by atoms with van der Waals surface area (Å²) >= 11 is 0. The molecule has 0 unspecified atom stereocenters. The third kappa shape index (κ3) is 10.9. The topological polar surface area (TPSA) is 119 Å². The highest BCUT2D eigenvalue weighted by atomic mass is 16.2. The highest BCUT2D eigenvalue weighted by molar-refractivity contribution is 6.20. The molecule has 0 aliphatic carbocycles. The largest absolute Gasteiger partial charge is 0.353 e. The molecule has 0 radical (unpaired) electrons. The summed E-state index contributed by atoms with van der Waals surface area (Å²) in [6, 6.07) is 0. The van der Waals surface area contributed by atoms with Gasteiger partial charge in [-0.3, -0.25) is 24.0 Å². The fraction of sp³-hybridized carbons (Fsp3) is 0.706. The molecule has 0 atom stereocenters. The maximum atomic E-state index is 12.2. The molecule has 166 valence electrons. The van der Waals surface area contributed by atoms with E-state index in [2.05, 4.69) is 10.6 Å². The van der Waals surface area contributed by atoms with E-state index in [1.165, 1.54) is 9.80 Å². The highest BCUT2D eigenvalue weighted by Crippen LogP contribution is 1.95. The number of hydrogen-bond donors (Lipinski definition) is 2. The first-order valence-electron chi connectivity index (χ1n) is 10.5. The van der Waals surface area contributed by atoms with Crippen LogP contribution in [-0.2, 0) is 24.0 Å². The van der Waals surface area contributed by atoms with E-state index in [4.69, 9.17) is 0 Å². The fourth-order valence-electron chi connectivity index (χ4n) is 2.72. The zero-order valence-electron chi connectivity index (χ0n) is 19.0. The first kappa shape index (κ1) is 27.5. The Kier molecular flexibility index (Phi) is 14.1. The van der Waals surface area contributed by atoms with Gasteiger partial charge in [-0.05, 0) is 25.9 Å². The molecule has 10 nitrogen and oxygen atoms in total. The molecule has 13 heteroatoms. The van der Waals surface area contributed by atoms with Gasteiger partial charge >= 0.3 is 0 Å². The molecule has 0 rings (SSSR count). The van der Waals surface area contributed by atoms with Gasteiger partial charge < -0.3 is 25.3 Å². The van der Waals surface area contributed by atoms with E-state index in [0.29, 0.717) is 32.3 Å². The molecule has 0 aromatic rings. The molecule has 0 fully saturated rings. The van der Waals surface area contributed by atoms with Gasteiger partial charge in [0.2, 0.25) is 29.5 Å². The van der Waals surface area contributed by atoms with Gasteiger partial charge in [0, 0.05) is 39.8 Å². The second-order valence-corrected chi connectivity index (χ2v) is 6.80. The summed E-state index contributed by atoms with van der Waals surface area (Å²) in [5, 5.41) is 5.38. The Bertz CT molecular complexity index is 608. The molecule has 0 aliphatic rings. The van der Waals surface area contributed by atoms with Crippen LogP contribution >= 0.6 is 0 Å². The van der Waals surface area contributed by atoms with Crippen LogP contribution in [0.2, 0.25) is 19.0 Å². The average molecular weight is 421 g/mol. The van der Waals surface area contributed by atoms with Crippen molar-refractivity contribution < 1.29 is 24.0 Å². The van der Waals surface area contributed by atoms with Gasteiger partial charge in [0.05, 0.1) is 13.1 Å². The Morgan fingerprint density at radius 3 is 1.60 bits per heavy atom. The average Bonchev–Trinajstić information content (AvgIpc) is 2.74. The molecule has 5 amide bonds. The summed E-state index contributed by atoms with van der Waals surface area (Å²) in [6.45, 7) is 3.36. The van der Waals surface area contributed by atoms with Crippen LogP contribution in [0.25, 0.3) is 0 Å². The molecular weight excluding hydrogens is 387 g/mol. The Morgan fingerprint density at radius 1 is 0.700 bits per heavy atom. The van der Waals surface area contributed by atoms with Gasteiger partial charge in [-0.1, -0.05) is 0 Å². The van der Waals surface area contributed by atoms with E-state index in [1.807, 2.05) is 6.92 Å². The molecule has 0 bridgehead atoms. The number of likely N-dealkylation sites (N-methyl/N-ethyl adjacent to an activating group) is 2. The number of hydrogen-bond acceptors (Lipinski definition) is 5. The molecule has 0 aromatic heterocycles. The SMILES string of the molecule is BCC(=O)N(C)CC(=O)NCCN(CC(=O)NCCN(CC)C(=O)CB)C(=O)CB. The number of nitrogens with zero attached hydrogens (tertiary/aromatic N) is 3. The molecule has 0 saturated heterocycles. The van der Waals surface area contributed by atoms with Gasteiger partial charge in [-0.2, -0.15) is 0 Å². The lowest BCUT2D eigenvalue weighted by molar-refractivity contribution is -0.135. The summed E-state index contributed by atoms with van der Waals surface area (Å²) in [5.41, 5.74) is 0. The van der Waals surface area contributed by atoms with Crippen LogP contribution in [0, 0.1) is 0 Å². The Labute approximate surface area is 181 Å². The quantitative estimate of drug-likeness (QED) is 0.275. The van der Waals surface area contributed by atoms with E-state index in [9.17, 15) is 24.0 Å². The molecule has 0 aliphatic heterocycles. The molecule has 0 saturated carbocycles. The smallest absolute Gasteiger partial charge is 0.239 e. The Balaban J connectivity index is 4.47. The zero-order valence-corrected chi connectivity index (χ0v) is 19.0. The monoisotopic (exact) mass is 421 g/mol. The van der Waals surface area contributed by atoms with E-state index in [-0.39, 0.29) is 62.0 Å². The van der Waals surface area contributed by atoms with E-state index in [1.54, 1.807) is 35.5 Å². The van der Waals surface area contributed by atoms with Crippen molar-refractivity contribution >= 4 is 53.1 Å². The lowest BCUT2D eigenvalue weighted by Crippen LogP contribution is -2.46. The molecule has 30 heavy (non-hydrogen) atoms. The van der Waals surface area contributed by atoms with Crippen LogP contribution in [-0.4, -0.2) is 121 Å². The van der Waals surface area contributed by atoms with E-state index < -0.39 is 0 Å². The Hall–Kier alpha value is -2.46.